The molecule has 0 fully saturated rings. The van der Waals surface area contributed by atoms with E-state index in [2.05, 4.69) is 35.4 Å². The van der Waals surface area contributed by atoms with Crippen LogP contribution in [0.15, 0.2) is 27.8 Å². The molecule has 2 aromatic rings. The second-order valence-electron chi connectivity index (χ2n) is 6.98. The predicted molar refractivity (Wildman–Crippen MR) is 102 cm³/mol. The van der Waals surface area contributed by atoms with Crippen molar-refractivity contribution >= 4 is 17.7 Å². The molecule has 1 aromatic heterocycles. The standard InChI is InChI=1S/C19H27N3O2S/c1-12(2)6-7-15(5)20-17(23)11-25-19-22-21-18(24-19)16-9-13(3)8-14(4)10-16/h8-10,12,15H,6-7,11H2,1-5H3,(H,20,23)/t15-/m1/s1. The maximum absolute atomic E-state index is 12.0. The van der Waals surface area contributed by atoms with E-state index < -0.39 is 0 Å². The number of benzene rings is 1. The number of nitrogens with zero attached hydrogens (tertiary/aromatic N) is 2. The SMILES string of the molecule is Cc1cc(C)cc(-c2nnc(SCC(=O)N[C@H](C)CCC(C)C)o2)c1. The Morgan fingerprint density at radius 3 is 2.44 bits per heavy atom. The monoisotopic (exact) mass is 361 g/mol. The lowest BCUT2D eigenvalue weighted by Gasteiger charge is -2.14. The van der Waals surface area contributed by atoms with E-state index in [4.69, 9.17) is 4.42 Å². The number of carbonyl (C=O) groups excluding carboxylic acids is 1. The van der Waals surface area contributed by atoms with Gasteiger partial charge in [-0.3, -0.25) is 4.79 Å². The van der Waals surface area contributed by atoms with E-state index >= 15 is 0 Å². The molecule has 0 spiro atoms. The first kappa shape index (κ1) is 19.5. The molecule has 1 heterocycles. The van der Waals surface area contributed by atoms with Gasteiger partial charge in [0.05, 0.1) is 5.75 Å². The number of hydrogen-bond acceptors (Lipinski definition) is 5. The van der Waals surface area contributed by atoms with Crippen molar-refractivity contribution in [3.05, 3.63) is 29.3 Å². The molecule has 0 aliphatic rings. The Labute approximate surface area is 154 Å². The number of nitrogens with one attached hydrogen (secondary N) is 1. The van der Waals surface area contributed by atoms with E-state index in [1.54, 1.807) is 0 Å². The van der Waals surface area contributed by atoms with Crippen molar-refractivity contribution < 1.29 is 9.21 Å². The molecule has 136 valence electrons. The van der Waals surface area contributed by atoms with E-state index in [0.29, 0.717) is 17.0 Å². The first-order chi connectivity index (χ1) is 11.8. The normalized spacial score (nSPS) is 12.4. The van der Waals surface area contributed by atoms with Crippen molar-refractivity contribution in [1.29, 1.82) is 0 Å². The van der Waals surface area contributed by atoms with Crippen LogP contribution >= 0.6 is 11.8 Å². The van der Waals surface area contributed by atoms with Gasteiger partial charge in [0.2, 0.25) is 11.8 Å². The summed E-state index contributed by atoms with van der Waals surface area (Å²) in [6, 6.07) is 6.31. The zero-order chi connectivity index (χ0) is 18.4. The molecular weight excluding hydrogens is 334 g/mol. The third-order valence-electron chi connectivity index (χ3n) is 3.79. The van der Waals surface area contributed by atoms with Gasteiger partial charge in [-0.2, -0.15) is 0 Å². The molecule has 1 atom stereocenters. The molecule has 0 saturated carbocycles. The Balaban J connectivity index is 1.86. The van der Waals surface area contributed by atoms with Crippen molar-refractivity contribution in [2.75, 3.05) is 5.75 Å². The van der Waals surface area contributed by atoms with Gasteiger partial charge in [0, 0.05) is 11.6 Å². The lowest BCUT2D eigenvalue weighted by molar-refractivity contribution is -0.119. The summed E-state index contributed by atoms with van der Waals surface area (Å²) in [6.45, 7) is 10.5. The zero-order valence-corrected chi connectivity index (χ0v) is 16.4. The number of carbonyl (C=O) groups is 1. The van der Waals surface area contributed by atoms with Gasteiger partial charge in [0.15, 0.2) is 0 Å². The first-order valence-electron chi connectivity index (χ1n) is 8.68. The van der Waals surface area contributed by atoms with Gasteiger partial charge in [-0.05, 0) is 51.7 Å². The predicted octanol–water partition coefficient (Wildman–Crippen LogP) is 4.39. The topological polar surface area (TPSA) is 68.0 Å². The molecule has 1 aromatic carbocycles. The number of thioether (sulfide) groups is 1. The zero-order valence-electron chi connectivity index (χ0n) is 15.6. The van der Waals surface area contributed by atoms with Crippen LogP contribution in [0.3, 0.4) is 0 Å². The Hall–Kier alpha value is -1.82. The second-order valence-corrected chi connectivity index (χ2v) is 7.90. The Morgan fingerprint density at radius 2 is 1.80 bits per heavy atom. The fourth-order valence-corrected chi connectivity index (χ4v) is 3.16. The maximum atomic E-state index is 12.0. The Kier molecular flexibility index (Phi) is 7.05. The number of amides is 1. The van der Waals surface area contributed by atoms with Gasteiger partial charge in [-0.15, -0.1) is 10.2 Å². The average molecular weight is 362 g/mol. The smallest absolute Gasteiger partial charge is 0.277 e. The van der Waals surface area contributed by atoms with Crippen molar-refractivity contribution in [3.8, 4) is 11.5 Å². The van der Waals surface area contributed by atoms with Crippen LogP contribution in [0.2, 0.25) is 0 Å². The number of rotatable bonds is 8. The van der Waals surface area contributed by atoms with Crippen LogP contribution in [0, 0.1) is 19.8 Å². The van der Waals surface area contributed by atoms with Crippen molar-refractivity contribution in [2.45, 2.75) is 58.7 Å². The van der Waals surface area contributed by atoms with E-state index in [1.807, 2.05) is 32.9 Å². The minimum absolute atomic E-state index is 0.00703. The molecular formula is C19H27N3O2S. The summed E-state index contributed by atoms with van der Waals surface area (Å²) in [5.74, 6) is 1.41. The summed E-state index contributed by atoms with van der Waals surface area (Å²) in [6.07, 6.45) is 2.10. The summed E-state index contributed by atoms with van der Waals surface area (Å²) in [5, 5.41) is 11.5. The summed E-state index contributed by atoms with van der Waals surface area (Å²) >= 11 is 1.27. The number of aryl methyl sites for hydroxylation is 2. The van der Waals surface area contributed by atoms with Crippen LogP contribution in [0.5, 0.6) is 0 Å². The van der Waals surface area contributed by atoms with Crippen LogP contribution in [-0.4, -0.2) is 27.9 Å². The fourth-order valence-electron chi connectivity index (χ4n) is 2.58. The molecule has 0 aliphatic carbocycles. The van der Waals surface area contributed by atoms with E-state index in [0.717, 1.165) is 29.5 Å². The minimum Gasteiger partial charge on any atom is -0.411 e. The second kappa shape index (κ2) is 9.04. The highest BCUT2D eigenvalue weighted by molar-refractivity contribution is 7.99. The van der Waals surface area contributed by atoms with Gasteiger partial charge in [-0.25, -0.2) is 0 Å². The van der Waals surface area contributed by atoms with Crippen molar-refractivity contribution in [3.63, 3.8) is 0 Å². The van der Waals surface area contributed by atoms with Gasteiger partial charge >= 0.3 is 0 Å². The van der Waals surface area contributed by atoms with E-state index in [1.165, 1.54) is 11.8 Å². The molecule has 0 bridgehead atoms. The van der Waals surface area contributed by atoms with E-state index in [9.17, 15) is 4.79 Å². The van der Waals surface area contributed by atoms with Crippen LogP contribution in [-0.2, 0) is 4.79 Å². The molecule has 25 heavy (non-hydrogen) atoms. The maximum Gasteiger partial charge on any atom is 0.277 e. The summed E-state index contributed by atoms with van der Waals surface area (Å²) < 4.78 is 5.67. The molecule has 1 N–H and O–H groups in total. The number of aromatic nitrogens is 2. The van der Waals surface area contributed by atoms with Crippen molar-refractivity contribution in [1.82, 2.24) is 15.5 Å². The van der Waals surface area contributed by atoms with Gasteiger partial charge in [0.25, 0.3) is 5.22 Å². The molecule has 2 rings (SSSR count). The van der Waals surface area contributed by atoms with Gasteiger partial charge in [0.1, 0.15) is 0 Å². The van der Waals surface area contributed by atoms with Crippen molar-refractivity contribution in [2.24, 2.45) is 5.92 Å². The third kappa shape index (κ3) is 6.53. The van der Waals surface area contributed by atoms with Crippen LogP contribution in [0.25, 0.3) is 11.5 Å². The molecule has 5 nitrogen and oxygen atoms in total. The third-order valence-corrected chi connectivity index (χ3v) is 4.60. The van der Waals surface area contributed by atoms with Crippen LogP contribution in [0.1, 0.15) is 44.7 Å². The molecule has 0 saturated heterocycles. The molecule has 0 unspecified atom stereocenters. The quantitative estimate of drug-likeness (QED) is 0.706. The highest BCUT2D eigenvalue weighted by Gasteiger charge is 2.13. The summed E-state index contributed by atoms with van der Waals surface area (Å²) in [5.41, 5.74) is 3.21. The Bertz CT molecular complexity index is 692. The molecule has 0 radical (unpaired) electrons. The minimum atomic E-state index is -0.00703. The molecule has 6 heteroatoms. The summed E-state index contributed by atoms with van der Waals surface area (Å²) in [4.78, 5) is 12.0. The fraction of sp³-hybridized carbons (Fsp3) is 0.526. The largest absolute Gasteiger partial charge is 0.411 e. The summed E-state index contributed by atoms with van der Waals surface area (Å²) in [7, 11) is 0. The molecule has 0 aliphatic heterocycles. The van der Waals surface area contributed by atoms with E-state index in [-0.39, 0.29) is 17.7 Å². The first-order valence-corrected chi connectivity index (χ1v) is 9.66. The van der Waals surface area contributed by atoms with Gasteiger partial charge < -0.3 is 9.73 Å². The lowest BCUT2D eigenvalue weighted by atomic mass is 10.0. The lowest BCUT2D eigenvalue weighted by Crippen LogP contribution is -2.34. The van der Waals surface area contributed by atoms with Crippen LogP contribution < -0.4 is 5.32 Å². The number of hydrogen-bond donors (Lipinski definition) is 1. The highest BCUT2D eigenvalue weighted by atomic mass is 32.2. The van der Waals surface area contributed by atoms with Gasteiger partial charge in [-0.1, -0.05) is 42.8 Å². The highest BCUT2D eigenvalue weighted by Crippen LogP contribution is 2.24. The van der Waals surface area contributed by atoms with Crippen LogP contribution in [0.4, 0.5) is 0 Å². The molecule has 1 amide bonds. The average Bonchev–Trinajstić information content (AvgIpc) is 2.99. The Morgan fingerprint density at radius 1 is 1.12 bits per heavy atom.